The number of allylic oxidation sites excluding steroid dienone is 1. The number of methoxy groups -OCH3 is 2. The van der Waals surface area contributed by atoms with E-state index in [0.717, 1.165) is 33.8 Å². The predicted octanol–water partition coefficient (Wildman–Crippen LogP) is 6.34. The Bertz CT molecular complexity index is 1250. The van der Waals surface area contributed by atoms with Gasteiger partial charge in [-0.3, -0.25) is 4.79 Å². The van der Waals surface area contributed by atoms with E-state index in [1.54, 1.807) is 14.2 Å². The molecule has 0 bridgehead atoms. The number of carbonyl (C=O) groups is 1. The Kier molecular flexibility index (Phi) is 5.73. The van der Waals surface area contributed by atoms with Gasteiger partial charge in [-0.05, 0) is 42.2 Å². The molecule has 5 nitrogen and oxygen atoms in total. The molecule has 2 N–H and O–H groups in total. The maximum atomic E-state index is 13.7. The number of anilines is 2. The van der Waals surface area contributed by atoms with E-state index in [9.17, 15) is 4.79 Å². The Morgan fingerprint density at radius 2 is 1.58 bits per heavy atom. The lowest BCUT2D eigenvalue weighted by molar-refractivity contribution is -0.116. The molecule has 0 amide bonds. The summed E-state index contributed by atoms with van der Waals surface area (Å²) in [4.78, 5) is 13.7. The van der Waals surface area contributed by atoms with Crippen molar-refractivity contribution in [2.45, 2.75) is 24.8 Å². The number of ketones is 1. The zero-order valence-corrected chi connectivity index (χ0v) is 19.3. The fraction of sp³-hybridized carbons (Fsp3) is 0.222. The van der Waals surface area contributed by atoms with Crippen LogP contribution in [0.4, 0.5) is 11.4 Å². The van der Waals surface area contributed by atoms with E-state index in [-0.39, 0.29) is 17.7 Å². The lowest BCUT2D eigenvalue weighted by atomic mass is 9.78. The molecule has 0 saturated carbocycles. The van der Waals surface area contributed by atoms with Gasteiger partial charge in [0.1, 0.15) is 0 Å². The quantitative estimate of drug-likeness (QED) is 0.476. The molecule has 2 atom stereocenters. The average Bonchev–Trinajstić information content (AvgIpc) is 3.00. The van der Waals surface area contributed by atoms with Crippen LogP contribution in [0.5, 0.6) is 11.5 Å². The highest BCUT2D eigenvalue weighted by Crippen LogP contribution is 2.47. The number of carbonyl (C=O) groups excluding carboxylic acids is 1. The molecule has 1 aliphatic heterocycles. The smallest absolute Gasteiger partial charge is 0.166 e. The van der Waals surface area contributed by atoms with Gasteiger partial charge in [-0.15, -0.1) is 0 Å². The maximum absolute atomic E-state index is 13.7. The van der Waals surface area contributed by atoms with Gasteiger partial charge in [0.25, 0.3) is 0 Å². The van der Waals surface area contributed by atoms with Crippen molar-refractivity contribution in [2.75, 3.05) is 24.9 Å². The van der Waals surface area contributed by atoms with Crippen LogP contribution in [-0.4, -0.2) is 20.0 Å². The summed E-state index contributed by atoms with van der Waals surface area (Å²) in [7, 11) is 3.24. The molecule has 5 rings (SSSR count). The van der Waals surface area contributed by atoms with E-state index in [1.165, 1.54) is 0 Å². The lowest BCUT2D eigenvalue weighted by Crippen LogP contribution is -2.27. The summed E-state index contributed by atoms with van der Waals surface area (Å²) < 4.78 is 11.3. The van der Waals surface area contributed by atoms with Crippen molar-refractivity contribution in [3.8, 4) is 11.5 Å². The van der Waals surface area contributed by atoms with Gasteiger partial charge in [0, 0.05) is 28.3 Å². The topological polar surface area (TPSA) is 59.6 Å². The van der Waals surface area contributed by atoms with Crippen LogP contribution < -0.4 is 20.1 Å². The molecule has 0 radical (unpaired) electrons. The van der Waals surface area contributed by atoms with Crippen molar-refractivity contribution in [1.29, 1.82) is 0 Å². The van der Waals surface area contributed by atoms with Crippen molar-refractivity contribution in [2.24, 2.45) is 0 Å². The second kappa shape index (κ2) is 8.83. The monoisotopic (exact) mass is 460 g/mol. The number of para-hydroxylation sites is 3. The molecule has 1 heterocycles. The fourth-order valence-electron chi connectivity index (χ4n) is 4.89. The number of hydrogen-bond donors (Lipinski definition) is 2. The van der Waals surface area contributed by atoms with Crippen molar-refractivity contribution in [3.63, 3.8) is 0 Å². The number of halogens is 1. The third-order valence-electron chi connectivity index (χ3n) is 6.40. The minimum absolute atomic E-state index is 0.00978. The van der Waals surface area contributed by atoms with Crippen LogP contribution in [0.15, 0.2) is 78.0 Å². The molecule has 0 aromatic heterocycles. The zero-order valence-electron chi connectivity index (χ0n) is 18.5. The van der Waals surface area contributed by atoms with Crippen molar-refractivity contribution < 1.29 is 14.3 Å². The van der Waals surface area contributed by atoms with Gasteiger partial charge in [0.15, 0.2) is 17.3 Å². The molecule has 33 heavy (non-hydrogen) atoms. The Labute approximate surface area is 198 Å². The number of benzene rings is 3. The Hall–Kier alpha value is -3.44. The van der Waals surface area contributed by atoms with Crippen LogP contribution in [-0.2, 0) is 4.79 Å². The van der Waals surface area contributed by atoms with Crippen LogP contribution in [0.3, 0.4) is 0 Å². The molecule has 3 aromatic carbocycles. The first-order chi connectivity index (χ1) is 16.1. The molecule has 0 fully saturated rings. The molecule has 0 spiro atoms. The predicted molar refractivity (Wildman–Crippen MR) is 131 cm³/mol. The number of hydrogen-bond acceptors (Lipinski definition) is 5. The Balaban J connectivity index is 1.66. The fourth-order valence-corrected chi connectivity index (χ4v) is 5.18. The number of rotatable bonds is 4. The summed E-state index contributed by atoms with van der Waals surface area (Å²) in [6.07, 6.45) is 1.08. The van der Waals surface area contributed by atoms with Crippen molar-refractivity contribution in [1.82, 2.24) is 0 Å². The second-order valence-electron chi connectivity index (χ2n) is 8.27. The first-order valence-electron chi connectivity index (χ1n) is 10.9. The minimum Gasteiger partial charge on any atom is -0.493 e. The molecule has 3 aromatic rings. The molecule has 0 saturated heterocycles. The molecule has 1 aliphatic carbocycles. The summed E-state index contributed by atoms with van der Waals surface area (Å²) in [5.41, 5.74) is 5.34. The van der Waals surface area contributed by atoms with Crippen LogP contribution in [0.25, 0.3) is 0 Å². The maximum Gasteiger partial charge on any atom is 0.166 e. The van der Waals surface area contributed by atoms with E-state index in [2.05, 4.69) is 10.6 Å². The third-order valence-corrected chi connectivity index (χ3v) is 6.74. The van der Waals surface area contributed by atoms with E-state index in [4.69, 9.17) is 21.1 Å². The number of fused-ring (bicyclic) bond motifs is 1. The average molecular weight is 461 g/mol. The Morgan fingerprint density at radius 3 is 2.33 bits per heavy atom. The SMILES string of the molecule is COc1cccc([C@H]2Nc3ccccc3NC3=C2C(=O)C[C@H](c2ccccc2Cl)C3)c1OC. The minimum atomic E-state index is -0.388. The highest BCUT2D eigenvalue weighted by Gasteiger charge is 2.37. The van der Waals surface area contributed by atoms with Crippen LogP contribution >= 0.6 is 11.6 Å². The Morgan fingerprint density at radius 1 is 0.848 bits per heavy atom. The first kappa shape index (κ1) is 21.4. The van der Waals surface area contributed by atoms with Gasteiger partial charge in [-0.25, -0.2) is 0 Å². The number of nitrogens with one attached hydrogen (secondary N) is 2. The summed E-state index contributed by atoms with van der Waals surface area (Å²) in [5.74, 6) is 1.34. The molecular formula is C27H25ClN2O3. The van der Waals surface area contributed by atoms with Gasteiger partial charge in [-0.1, -0.05) is 54.1 Å². The van der Waals surface area contributed by atoms with E-state index in [0.29, 0.717) is 29.4 Å². The van der Waals surface area contributed by atoms with Gasteiger partial charge >= 0.3 is 0 Å². The van der Waals surface area contributed by atoms with Gasteiger partial charge in [-0.2, -0.15) is 0 Å². The standard InChI is InChI=1S/C27H25ClN2O3/c1-32-24-13-7-9-18(27(24)33-2)26-25-22(29-20-11-5-6-12-21(20)30-26)14-16(15-23(25)31)17-8-3-4-10-19(17)28/h3-13,16,26,29-30H,14-15H2,1-2H3/t16-,26-/m1/s1. The largest absolute Gasteiger partial charge is 0.493 e. The summed E-state index contributed by atoms with van der Waals surface area (Å²) >= 11 is 6.50. The first-order valence-corrected chi connectivity index (χ1v) is 11.3. The molecule has 2 aliphatic rings. The van der Waals surface area contributed by atoms with Gasteiger partial charge < -0.3 is 20.1 Å². The van der Waals surface area contributed by atoms with Gasteiger partial charge in [0.05, 0.1) is 31.6 Å². The van der Waals surface area contributed by atoms with Crippen LogP contribution in [0, 0.1) is 0 Å². The highest BCUT2D eigenvalue weighted by molar-refractivity contribution is 6.31. The van der Waals surface area contributed by atoms with Crippen LogP contribution in [0.2, 0.25) is 5.02 Å². The van der Waals surface area contributed by atoms with E-state index in [1.807, 2.05) is 66.7 Å². The lowest BCUT2D eigenvalue weighted by Gasteiger charge is -2.31. The third kappa shape index (κ3) is 3.83. The summed E-state index contributed by atoms with van der Waals surface area (Å²) in [6, 6.07) is 21.1. The summed E-state index contributed by atoms with van der Waals surface area (Å²) in [6.45, 7) is 0. The molecule has 6 heteroatoms. The highest BCUT2D eigenvalue weighted by atomic mass is 35.5. The summed E-state index contributed by atoms with van der Waals surface area (Å²) in [5, 5.41) is 7.84. The zero-order chi connectivity index (χ0) is 22.9. The van der Waals surface area contributed by atoms with Crippen molar-refractivity contribution in [3.05, 3.63) is 94.1 Å². The molecular weight excluding hydrogens is 436 g/mol. The van der Waals surface area contributed by atoms with Crippen LogP contribution in [0.1, 0.15) is 35.9 Å². The molecule has 168 valence electrons. The number of ether oxygens (including phenoxy) is 2. The van der Waals surface area contributed by atoms with E-state index >= 15 is 0 Å². The van der Waals surface area contributed by atoms with Crippen molar-refractivity contribution >= 4 is 28.8 Å². The second-order valence-corrected chi connectivity index (χ2v) is 8.68. The number of Topliss-reactive ketones (excluding diaryl/α,β-unsaturated/α-hetero) is 1. The molecule has 0 unspecified atom stereocenters. The van der Waals surface area contributed by atoms with E-state index < -0.39 is 0 Å². The normalized spacial score (nSPS) is 19.5. The van der Waals surface area contributed by atoms with Gasteiger partial charge in [0.2, 0.25) is 0 Å².